The third-order valence-electron chi connectivity index (χ3n) is 5.11. The van der Waals surface area contributed by atoms with Gasteiger partial charge in [0, 0.05) is 32.4 Å². The van der Waals surface area contributed by atoms with Crippen molar-refractivity contribution in [2.45, 2.75) is 26.1 Å². The van der Waals surface area contributed by atoms with Gasteiger partial charge in [0.05, 0.1) is 18.9 Å². The highest BCUT2D eigenvalue weighted by Crippen LogP contribution is 2.32. The fourth-order valence-electron chi connectivity index (χ4n) is 3.24. The molecule has 8 nitrogen and oxygen atoms in total. The van der Waals surface area contributed by atoms with E-state index in [4.69, 9.17) is 0 Å². The van der Waals surface area contributed by atoms with Gasteiger partial charge in [-0.05, 0) is 24.6 Å². The van der Waals surface area contributed by atoms with E-state index in [1.165, 1.54) is 12.1 Å². The summed E-state index contributed by atoms with van der Waals surface area (Å²) in [5.74, 6) is 0.957. The Hall–Kier alpha value is -3.49. The molecule has 3 aromatic rings. The number of rotatable bonds is 5. The normalized spacial score (nSPS) is 16.1. The van der Waals surface area contributed by atoms with E-state index in [1.54, 1.807) is 41.2 Å². The molecular formula is C20H22FN7O. The van der Waals surface area contributed by atoms with Gasteiger partial charge in [0.15, 0.2) is 5.82 Å². The first kappa shape index (κ1) is 18.9. The summed E-state index contributed by atoms with van der Waals surface area (Å²) in [6.45, 7) is 2.93. The van der Waals surface area contributed by atoms with Gasteiger partial charge >= 0.3 is 0 Å². The van der Waals surface area contributed by atoms with E-state index >= 15 is 0 Å². The molecule has 1 amide bonds. The first-order chi connectivity index (χ1) is 13.9. The van der Waals surface area contributed by atoms with E-state index in [1.807, 2.05) is 25.1 Å². The Morgan fingerprint density at radius 3 is 2.66 bits per heavy atom. The maximum absolute atomic E-state index is 13.0. The number of carbonyl (C=O) groups is 1. The van der Waals surface area contributed by atoms with Crippen molar-refractivity contribution in [3.63, 3.8) is 0 Å². The van der Waals surface area contributed by atoms with Crippen molar-refractivity contribution in [1.29, 1.82) is 0 Å². The number of aromatic nitrogens is 4. The van der Waals surface area contributed by atoms with Gasteiger partial charge in [-0.25, -0.2) is 9.37 Å². The van der Waals surface area contributed by atoms with Gasteiger partial charge in [0.2, 0.25) is 11.9 Å². The van der Waals surface area contributed by atoms with Crippen molar-refractivity contribution in [1.82, 2.24) is 19.7 Å². The van der Waals surface area contributed by atoms with Gasteiger partial charge in [-0.15, -0.1) is 0 Å². The molecule has 3 heterocycles. The molecule has 0 saturated heterocycles. The van der Waals surface area contributed by atoms with E-state index in [9.17, 15) is 9.18 Å². The lowest BCUT2D eigenvalue weighted by atomic mass is 10.2. The maximum Gasteiger partial charge on any atom is 0.249 e. The van der Waals surface area contributed by atoms with Crippen LogP contribution in [0.3, 0.4) is 0 Å². The number of halogens is 1. The number of carbonyl (C=O) groups excluding carboxylic acids is 1. The molecule has 0 aliphatic carbocycles. The highest BCUT2D eigenvalue weighted by molar-refractivity contribution is 6.03. The van der Waals surface area contributed by atoms with E-state index in [0.717, 1.165) is 11.1 Å². The van der Waals surface area contributed by atoms with Crippen molar-refractivity contribution in [3.05, 3.63) is 59.8 Å². The van der Waals surface area contributed by atoms with Crippen LogP contribution in [0.2, 0.25) is 0 Å². The molecule has 0 spiro atoms. The fraction of sp³-hybridized carbons (Fsp3) is 0.300. The number of amides is 1. The monoisotopic (exact) mass is 395 g/mol. The second kappa shape index (κ2) is 7.50. The topological polar surface area (TPSA) is 79.2 Å². The number of benzene rings is 1. The van der Waals surface area contributed by atoms with Crippen molar-refractivity contribution in [2.75, 3.05) is 29.2 Å². The minimum atomic E-state index is -0.278. The molecule has 1 aliphatic heterocycles. The summed E-state index contributed by atoms with van der Waals surface area (Å²) >= 11 is 0. The van der Waals surface area contributed by atoms with Crippen molar-refractivity contribution < 1.29 is 9.18 Å². The Labute approximate surface area is 168 Å². The summed E-state index contributed by atoms with van der Waals surface area (Å²) in [5.41, 5.74) is 2.64. The summed E-state index contributed by atoms with van der Waals surface area (Å²) in [6.07, 6.45) is 5.36. The van der Waals surface area contributed by atoms with Crippen LogP contribution in [0.4, 0.5) is 21.8 Å². The second-order valence-corrected chi connectivity index (χ2v) is 7.11. The zero-order valence-electron chi connectivity index (χ0n) is 16.5. The number of anilines is 3. The van der Waals surface area contributed by atoms with Crippen LogP contribution in [0.25, 0.3) is 0 Å². The van der Waals surface area contributed by atoms with Gasteiger partial charge in [-0.1, -0.05) is 12.1 Å². The zero-order valence-corrected chi connectivity index (χ0v) is 16.5. The summed E-state index contributed by atoms with van der Waals surface area (Å²) in [7, 11) is 3.58. The van der Waals surface area contributed by atoms with Gasteiger partial charge in [0.25, 0.3) is 0 Å². The molecule has 1 aliphatic rings. The minimum absolute atomic E-state index is 0.0119. The van der Waals surface area contributed by atoms with Gasteiger partial charge in [-0.2, -0.15) is 10.1 Å². The van der Waals surface area contributed by atoms with E-state index < -0.39 is 0 Å². The van der Waals surface area contributed by atoms with Gasteiger partial charge < -0.3 is 15.1 Å². The third-order valence-corrected chi connectivity index (χ3v) is 5.11. The Bertz CT molecular complexity index is 1030. The molecule has 4 rings (SSSR count). The first-order valence-corrected chi connectivity index (χ1v) is 9.29. The predicted molar refractivity (Wildman–Crippen MR) is 108 cm³/mol. The third kappa shape index (κ3) is 3.75. The van der Waals surface area contributed by atoms with E-state index in [-0.39, 0.29) is 17.8 Å². The maximum atomic E-state index is 13.0. The molecule has 0 radical (unpaired) electrons. The molecule has 150 valence electrons. The second-order valence-electron chi connectivity index (χ2n) is 7.11. The zero-order chi connectivity index (χ0) is 20.5. The smallest absolute Gasteiger partial charge is 0.249 e. The minimum Gasteiger partial charge on any atom is -0.350 e. The molecule has 1 N–H and O–H groups in total. The van der Waals surface area contributed by atoms with Crippen LogP contribution in [0, 0.1) is 5.82 Å². The van der Waals surface area contributed by atoms with Crippen LogP contribution in [-0.2, 0) is 17.9 Å². The van der Waals surface area contributed by atoms with Crippen LogP contribution in [0.1, 0.15) is 18.1 Å². The SMILES string of the molecule is CC1C(=O)N(C)c2cnc(NCc3cnn(Cc4ccc(F)cc4)c3)nc2N1C. The van der Waals surface area contributed by atoms with Gasteiger partial charge in [-0.3, -0.25) is 9.48 Å². The van der Waals surface area contributed by atoms with E-state index in [0.29, 0.717) is 30.5 Å². The van der Waals surface area contributed by atoms with Crippen LogP contribution < -0.4 is 15.1 Å². The Kier molecular flexibility index (Phi) is 4.87. The molecule has 0 saturated carbocycles. The number of hydrogen-bond donors (Lipinski definition) is 1. The quantitative estimate of drug-likeness (QED) is 0.714. The summed E-state index contributed by atoms with van der Waals surface area (Å²) in [5, 5.41) is 7.55. The van der Waals surface area contributed by atoms with Crippen LogP contribution in [0.5, 0.6) is 0 Å². The summed E-state index contributed by atoms with van der Waals surface area (Å²) in [6, 6.07) is 6.10. The lowest BCUT2D eigenvalue weighted by Gasteiger charge is -2.36. The first-order valence-electron chi connectivity index (χ1n) is 9.29. The van der Waals surface area contributed by atoms with Crippen LogP contribution in [-0.4, -0.2) is 45.8 Å². The van der Waals surface area contributed by atoms with Crippen LogP contribution >= 0.6 is 0 Å². The highest BCUT2D eigenvalue weighted by atomic mass is 19.1. The van der Waals surface area contributed by atoms with Crippen molar-refractivity contribution in [2.24, 2.45) is 0 Å². The number of nitrogens with one attached hydrogen (secondary N) is 1. The Morgan fingerprint density at radius 1 is 1.14 bits per heavy atom. The molecule has 9 heteroatoms. The highest BCUT2D eigenvalue weighted by Gasteiger charge is 2.32. The number of fused-ring (bicyclic) bond motifs is 1. The number of hydrogen-bond acceptors (Lipinski definition) is 6. The standard InChI is InChI=1S/C20H22FN7O/c1-13-19(29)27(3)17-10-23-20(25-18(17)26(13)2)22-8-15-9-24-28(12-15)11-14-4-6-16(21)7-5-14/h4-7,9-10,12-13H,8,11H2,1-3H3,(H,22,23,25). The van der Waals surface area contributed by atoms with Crippen LogP contribution in [0.15, 0.2) is 42.9 Å². The average molecular weight is 395 g/mol. The molecule has 29 heavy (non-hydrogen) atoms. The summed E-state index contributed by atoms with van der Waals surface area (Å²) in [4.78, 5) is 24.6. The molecular weight excluding hydrogens is 373 g/mol. The lowest BCUT2D eigenvalue weighted by molar-refractivity contribution is -0.119. The van der Waals surface area contributed by atoms with Crippen molar-refractivity contribution >= 4 is 23.4 Å². The molecule has 1 atom stereocenters. The lowest BCUT2D eigenvalue weighted by Crippen LogP contribution is -2.49. The van der Waals surface area contributed by atoms with Gasteiger partial charge in [0.1, 0.15) is 17.5 Å². The predicted octanol–water partition coefficient (Wildman–Crippen LogP) is 2.27. The molecule has 1 unspecified atom stereocenters. The van der Waals surface area contributed by atoms with Crippen molar-refractivity contribution in [3.8, 4) is 0 Å². The fourth-order valence-corrected chi connectivity index (χ4v) is 3.24. The van der Waals surface area contributed by atoms with E-state index in [2.05, 4.69) is 20.4 Å². The summed E-state index contributed by atoms with van der Waals surface area (Å²) < 4.78 is 14.8. The molecule has 2 aromatic heterocycles. The number of likely N-dealkylation sites (N-methyl/N-ethyl adjacent to an activating group) is 2. The average Bonchev–Trinajstić information content (AvgIpc) is 3.18. The molecule has 0 bridgehead atoms. The Balaban J connectivity index is 1.43. The molecule has 1 aromatic carbocycles. The molecule has 0 fully saturated rings. The Morgan fingerprint density at radius 2 is 1.90 bits per heavy atom. The number of nitrogens with zero attached hydrogens (tertiary/aromatic N) is 6. The largest absolute Gasteiger partial charge is 0.350 e.